The van der Waals surface area contributed by atoms with Crippen molar-refractivity contribution in [2.75, 3.05) is 17.6 Å². The van der Waals surface area contributed by atoms with Gasteiger partial charge >= 0.3 is 0 Å². The van der Waals surface area contributed by atoms with Gasteiger partial charge in [0, 0.05) is 6.54 Å². The zero-order valence-corrected chi connectivity index (χ0v) is 11.3. The zero-order chi connectivity index (χ0) is 12.7. The standard InChI is InChI=1S/C14H25N3/c1-4-6-7-12(5-2)10-16-14-9-8-13(15)11(3)17-14/h8-9,12H,4-7,10,15H2,1-3H3,(H,16,17). The van der Waals surface area contributed by atoms with Gasteiger partial charge in [-0.25, -0.2) is 4.98 Å². The molecule has 0 fully saturated rings. The van der Waals surface area contributed by atoms with Crippen molar-refractivity contribution in [2.24, 2.45) is 5.92 Å². The van der Waals surface area contributed by atoms with Crippen LogP contribution in [0.15, 0.2) is 12.1 Å². The highest BCUT2D eigenvalue weighted by Crippen LogP contribution is 2.15. The smallest absolute Gasteiger partial charge is 0.126 e. The summed E-state index contributed by atoms with van der Waals surface area (Å²) in [4.78, 5) is 4.42. The van der Waals surface area contributed by atoms with Crippen molar-refractivity contribution in [2.45, 2.75) is 46.5 Å². The number of pyridine rings is 1. The predicted octanol–water partition coefficient (Wildman–Crippen LogP) is 3.60. The van der Waals surface area contributed by atoms with E-state index in [-0.39, 0.29) is 0 Å². The Morgan fingerprint density at radius 3 is 2.71 bits per heavy atom. The van der Waals surface area contributed by atoms with Crippen molar-refractivity contribution in [1.29, 1.82) is 0 Å². The molecule has 17 heavy (non-hydrogen) atoms. The number of nitrogen functional groups attached to an aromatic ring is 1. The van der Waals surface area contributed by atoms with Gasteiger partial charge in [0.2, 0.25) is 0 Å². The first-order valence-corrected chi connectivity index (χ1v) is 6.64. The molecule has 3 heteroatoms. The Labute approximate surface area is 105 Å². The Morgan fingerprint density at radius 2 is 2.12 bits per heavy atom. The molecule has 0 radical (unpaired) electrons. The van der Waals surface area contributed by atoms with Crippen LogP contribution in [0.1, 0.15) is 45.2 Å². The van der Waals surface area contributed by atoms with Crippen LogP contribution < -0.4 is 11.1 Å². The van der Waals surface area contributed by atoms with E-state index in [1.54, 1.807) is 0 Å². The van der Waals surface area contributed by atoms with E-state index < -0.39 is 0 Å². The number of unbranched alkanes of at least 4 members (excludes halogenated alkanes) is 1. The van der Waals surface area contributed by atoms with E-state index in [1.165, 1.54) is 25.7 Å². The molecule has 0 saturated heterocycles. The van der Waals surface area contributed by atoms with Crippen LogP contribution in [-0.2, 0) is 0 Å². The fourth-order valence-corrected chi connectivity index (χ4v) is 1.86. The molecule has 0 amide bonds. The SMILES string of the molecule is CCCCC(CC)CNc1ccc(N)c(C)n1. The number of nitrogens with one attached hydrogen (secondary N) is 1. The van der Waals surface area contributed by atoms with Crippen molar-refractivity contribution in [3.05, 3.63) is 17.8 Å². The van der Waals surface area contributed by atoms with Gasteiger partial charge in [0.1, 0.15) is 5.82 Å². The summed E-state index contributed by atoms with van der Waals surface area (Å²) in [6.07, 6.45) is 5.11. The maximum atomic E-state index is 5.75. The number of nitrogens with zero attached hydrogens (tertiary/aromatic N) is 1. The van der Waals surface area contributed by atoms with Crippen LogP contribution in [0.3, 0.4) is 0 Å². The Morgan fingerprint density at radius 1 is 1.35 bits per heavy atom. The van der Waals surface area contributed by atoms with E-state index in [0.717, 1.165) is 29.7 Å². The molecule has 1 unspecified atom stereocenters. The molecular formula is C14H25N3. The quantitative estimate of drug-likeness (QED) is 0.759. The molecule has 0 bridgehead atoms. The minimum absolute atomic E-state index is 0.745. The molecular weight excluding hydrogens is 210 g/mol. The van der Waals surface area contributed by atoms with Crippen molar-refractivity contribution in [3.63, 3.8) is 0 Å². The minimum Gasteiger partial charge on any atom is -0.397 e. The van der Waals surface area contributed by atoms with Crippen LogP contribution in [0.25, 0.3) is 0 Å². The van der Waals surface area contributed by atoms with E-state index in [1.807, 2.05) is 19.1 Å². The predicted molar refractivity (Wildman–Crippen MR) is 75.2 cm³/mol. The molecule has 3 N–H and O–H groups in total. The minimum atomic E-state index is 0.745. The molecule has 0 aliphatic rings. The third-order valence-corrected chi connectivity index (χ3v) is 3.24. The van der Waals surface area contributed by atoms with Gasteiger partial charge < -0.3 is 11.1 Å². The van der Waals surface area contributed by atoms with Gasteiger partial charge in [-0.2, -0.15) is 0 Å². The second-order valence-corrected chi connectivity index (χ2v) is 4.67. The van der Waals surface area contributed by atoms with Crippen LogP contribution >= 0.6 is 0 Å². The Balaban J connectivity index is 2.45. The monoisotopic (exact) mass is 235 g/mol. The van der Waals surface area contributed by atoms with Crippen LogP contribution in [0, 0.1) is 12.8 Å². The first kappa shape index (κ1) is 13.8. The van der Waals surface area contributed by atoms with Crippen LogP contribution in [0.4, 0.5) is 11.5 Å². The topological polar surface area (TPSA) is 50.9 Å². The molecule has 1 heterocycles. The third-order valence-electron chi connectivity index (χ3n) is 3.24. The Hall–Kier alpha value is -1.25. The van der Waals surface area contributed by atoms with Gasteiger partial charge in [-0.15, -0.1) is 0 Å². The number of aromatic nitrogens is 1. The lowest BCUT2D eigenvalue weighted by molar-refractivity contribution is 0.472. The summed E-state index contributed by atoms with van der Waals surface area (Å²) in [5, 5.41) is 3.41. The second-order valence-electron chi connectivity index (χ2n) is 4.67. The summed E-state index contributed by atoms with van der Waals surface area (Å²) in [5.74, 6) is 1.68. The van der Waals surface area contributed by atoms with Gasteiger partial charge in [0.15, 0.2) is 0 Å². The number of rotatable bonds is 7. The van der Waals surface area contributed by atoms with Crippen molar-refractivity contribution < 1.29 is 0 Å². The van der Waals surface area contributed by atoms with Gasteiger partial charge in [0.05, 0.1) is 11.4 Å². The average molecular weight is 235 g/mol. The molecule has 0 spiro atoms. The first-order chi connectivity index (χ1) is 8.17. The van der Waals surface area contributed by atoms with E-state index in [9.17, 15) is 0 Å². The average Bonchev–Trinajstić information content (AvgIpc) is 2.34. The molecule has 0 aromatic carbocycles. The number of nitrogens with two attached hydrogens (primary N) is 1. The molecule has 1 atom stereocenters. The van der Waals surface area contributed by atoms with Crippen LogP contribution in [0.5, 0.6) is 0 Å². The molecule has 1 rings (SSSR count). The van der Waals surface area contributed by atoms with E-state index >= 15 is 0 Å². The highest BCUT2D eigenvalue weighted by Gasteiger charge is 2.06. The lowest BCUT2D eigenvalue weighted by Crippen LogP contribution is -2.14. The van der Waals surface area contributed by atoms with Crippen molar-refractivity contribution in [3.8, 4) is 0 Å². The Kier molecular flexibility index (Phi) is 5.81. The molecule has 0 aliphatic carbocycles. The molecule has 0 saturated carbocycles. The van der Waals surface area contributed by atoms with Gasteiger partial charge in [-0.05, 0) is 31.4 Å². The van der Waals surface area contributed by atoms with Crippen molar-refractivity contribution >= 4 is 11.5 Å². The molecule has 0 aliphatic heterocycles. The van der Waals surface area contributed by atoms with Gasteiger partial charge in [-0.3, -0.25) is 0 Å². The summed E-state index contributed by atoms with van der Waals surface area (Å²) < 4.78 is 0. The fraction of sp³-hybridized carbons (Fsp3) is 0.643. The maximum absolute atomic E-state index is 5.75. The molecule has 96 valence electrons. The van der Waals surface area contributed by atoms with Crippen LogP contribution in [0.2, 0.25) is 0 Å². The van der Waals surface area contributed by atoms with Crippen molar-refractivity contribution in [1.82, 2.24) is 4.98 Å². The van der Waals surface area contributed by atoms with E-state index in [0.29, 0.717) is 0 Å². The summed E-state index contributed by atoms with van der Waals surface area (Å²) in [6, 6.07) is 3.87. The highest BCUT2D eigenvalue weighted by atomic mass is 15.0. The summed E-state index contributed by atoms with van der Waals surface area (Å²) in [6.45, 7) is 7.44. The lowest BCUT2D eigenvalue weighted by Gasteiger charge is -2.16. The van der Waals surface area contributed by atoms with E-state index in [4.69, 9.17) is 5.73 Å². The Bertz CT molecular complexity index is 336. The fourth-order valence-electron chi connectivity index (χ4n) is 1.86. The van der Waals surface area contributed by atoms with Gasteiger partial charge in [0.25, 0.3) is 0 Å². The zero-order valence-electron chi connectivity index (χ0n) is 11.3. The normalized spacial score (nSPS) is 12.4. The summed E-state index contributed by atoms with van der Waals surface area (Å²) in [5.41, 5.74) is 7.40. The number of aryl methyl sites for hydroxylation is 1. The first-order valence-electron chi connectivity index (χ1n) is 6.64. The second kappa shape index (κ2) is 7.15. The third kappa shape index (κ3) is 4.63. The summed E-state index contributed by atoms with van der Waals surface area (Å²) in [7, 11) is 0. The lowest BCUT2D eigenvalue weighted by atomic mass is 9.99. The number of hydrogen-bond acceptors (Lipinski definition) is 3. The highest BCUT2D eigenvalue weighted by molar-refractivity contribution is 5.48. The molecule has 3 nitrogen and oxygen atoms in total. The summed E-state index contributed by atoms with van der Waals surface area (Å²) >= 11 is 0. The maximum Gasteiger partial charge on any atom is 0.126 e. The largest absolute Gasteiger partial charge is 0.397 e. The van der Waals surface area contributed by atoms with Crippen LogP contribution in [-0.4, -0.2) is 11.5 Å². The van der Waals surface area contributed by atoms with Gasteiger partial charge in [-0.1, -0.05) is 33.1 Å². The number of anilines is 2. The molecule has 1 aromatic heterocycles. The molecule has 1 aromatic rings. The van der Waals surface area contributed by atoms with E-state index in [2.05, 4.69) is 24.1 Å². The number of hydrogen-bond donors (Lipinski definition) is 2.